The number of unbranched alkanes of at least 4 members (excludes halogenated alkanes) is 6. The summed E-state index contributed by atoms with van der Waals surface area (Å²) in [6.45, 7) is 4.57. The number of hydrogen-bond donors (Lipinski definition) is 0. The summed E-state index contributed by atoms with van der Waals surface area (Å²) in [6, 6.07) is 30.8. The Kier molecular flexibility index (Phi) is 11.1. The Morgan fingerprint density at radius 1 is 0.533 bits per heavy atom. The molecule has 0 fully saturated rings. The molecule has 5 heteroatoms. The quantitative estimate of drug-likeness (QED) is 0.104. The molecule has 0 saturated carbocycles. The molecule has 0 aliphatic rings. The number of aryl methyl sites for hydroxylation is 2. The number of thiophene rings is 2. The summed E-state index contributed by atoms with van der Waals surface area (Å²) in [5.74, 6) is 0. The van der Waals surface area contributed by atoms with E-state index in [-0.39, 0.29) is 0 Å². The van der Waals surface area contributed by atoms with E-state index in [9.17, 15) is 0 Å². The molecule has 3 aromatic heterocycles. The van der Waals surface area contributed by atoms with E-state index in [0.717, 1.165) is 29.4 Å². The monoisotopic (exact) mass is 646 g/mol. The molecule has 6 aromatic rings. The second-order valence-corrected chi connectivity index (χ2v) is 14.5. The van der Waals surface area contributed by atoms with E-state index >= 15 is 0 Å². The minimum Gasteiger partial charge on any atom is -0.172 e. The summed E-state index contributed by atoms with van der Waals surface area (Å²) in [6.07, 6.45) is 17.3. The molecule has 0 aliphatic heterocycles. The minimum atomic E-state index is 0.999. The normalized spacial score (nSPS) is 11.7. The van der Waals surface area contributed by atoms with Crippen molar-refractivity contribution in [2.75, 3.05) is 0 Å². The third-order valence-electron chi connectivity index (χ3n) is 8.49. The second-order valence-electron chi connectivity index (χ2n) is 11.8. The van der Waals surface area contributed by atoms with Gasteiger partial charge in [0.15, 0.2) is 0 Å². The second kappa shape index (κ2) is 15.8. The lowest BCUT2D eigenvalue weighted by atomic mass is 10.00. The van der Waals surface area contributed by atoms with E-state index in [4.69, 9.17) is 8.75 Å². The fourth-order valence-electron chi connectivity index (χ4n) is 5.99. The summed E-state index contributed by atoms with van der Waals surface area (Å²) in [4.78, 5) is 5.42. The molecule has 0 N–H and O–H groups in total. The lowest BCUT2D eigenvalue weighted by Gasteiger charge is -2.05. The van der Waals surface area contributed by atoms with Gasteiger partial charge < -0.3 is 0 Å². The molecular formula is C40H42N2S3. The van der Waals surface area contributed by atoms with E-state index in [1.165, 1.54) is 110 Å². The Morgan fingerprint density at radius 2 is 1.04 bits per heavy atom. The van der Waals surface area contributed by atoms with Crippen molar-refractivity contribution in [1.29, 1.82) is 0 Å². The van der Waals surface area contributed by atoms with Crippen molar-refractivity contribution in [3.05, 3.63) is 106 Å². The van der Waals surface area contributed by atoms with Crippen LogP contribution in [0.15, 0.2) is 84.9 Å². The van der Waals surface area contributed by atoms with E-state index in [1.807, 2.05) is 22.7 Å². The van der Waals surface area contributed by atoms with E-state index < -0.39 is 0 Å². The molecule has 45 heavy (non-hydrogen) atoms. The Balaban J connectivity index is 1.35. The van der Waals surface area contributed by atoms with Gasteiger partial charge in [-0.3, -0.25) is 0 Å². The van der Waals surface area contributed by atoms with Crippen LogP contribution < -0.4 is 0 Å². The molecule has 3 aromatic carbocycles. The van der Waals surface area contributed by atoms with Crippen molar-refractivity contribution in [1.82, 2.24) is 8.75 Å². The highest BCUT2D eigenvalue weighted by atomic mass is 32.1. The van der Waals surface area contributed by atoms with E-state index in [2.05, 4.69) is 111 Å². The third kappa shape index (κ3) is 7.71. The molecule has 0 radical (unpaired) electrons. The summed E-state index contributed by atoms with van der Waals surface area (Å²) in [5.41, 5.74) is 9.79. The molecule has 0 aliphatic carbocycles. The SMILES string of the molecule is CCCCCCc1cc(-c2ccccc2)sc1/C=C/c1sc(-c2ccc(-c3ccccc3)c3nsnc23)cc1CCCCCC. The van der Waals surface area contributed by atoms with Crippen molar-refractivity contribution < 1.29 is 0 Å². The largest absolute Gasteiger partial charge is 0.172 e. The number of rotatable bonds is 15. The molecule has 3 heterocycles. The number of hydrogen-bond acceptors (Lipinski definition) is 5. The highest BCUT2D eigenvalue weighted by molar-refractivity contribution is 7.17. The molecule has 0 amide bonds. The van der Waals surface area contributed by atoms with Gasteiger partial charge in [0.2, 0.25) is 0 Å². The van der Waals surface area contributed by atoms with Crippen molar-refractivity contribution in [2.45, 2.75) is 78.1 Å². The van der Waals surface area contributed by atoms with Crippen LogP contribution in [-0.4, -0.2) is 8.75 Å². The topological polar surface area (TPSA) is 25.8 Å². The highest BCUT2D eigenvalue weighted by Gasteiger charge is 2.17. The lowest BCUT2D eigenvalue weighted by molar-refractivity contribution is 0.667. The van der Waals surface area contributed by atoms with Crippen LogP contribution in [0.1, 0.15) is 86.1 Å². The van der Waals surface area contributed by atoms with Gasteiger partial charge in [0, 0.05) is 30.6 Å². The van der Waals surface area contributed by atoms with Gasteiger partial charge >= 0.3 is 0 Å². The fourth-order valence-corrected chi connectivity index (χ4v) is 8.82. The van der Waals surface area contributed by atoms with Crippen LogP contribution in [0.4, 0.5) is 0 Å². The van der Waals surface area contributed by atoms with Crippen LogP contribution in [0.2, 0.25) is 0 Å². The van der Waals surface area contributed by atoms with Crippen molar-refractivity contribution in [2.24, 2.45) is 0 Å². The van der Waals surface area contributed by atoms with Gasteiger partial charge in [-0.15, -0.1) is 22.7 Å². The number of benzene rings is 3. The van der Waals surface area contributed by atoms with Crippen LogP contribution in [0.3, 0.4) is 0 Å². The van der Waals surface area contributed by atoms with Crippen LogP contribution in [0, 0.1) is 0 Å². The molecule has 6 rings (SSSR count). The number of fused-ring (bicyclic) bond motifs is 1. The summed E-state index contributed by atoms with van der Waals surface area (Å²) in [5, 5.41) is 0. The van der Waals surface area contributed by atoms with Crippen LogP contribution in [0.25, 0.3) is 55.2 Å². The maximum atomic E-state index is 4.81. The summed E-state index contributed by atoms with van der Waals surface area (Å²) >= 11 is 5.15. The Morgan fingerprint density at radius 3 is 1.64 bits per heavy atom. The van der Waals surface area contributed by atoms with E-state index in [0.29, 0.717) is 0 Å². The zero-order valence-electron chi connectivity index (χ0n) is 26.4. The molecule has 0 spiro atoms. The predicted molar refractivity (Wildman–Crippen MR) is 201 cm³/mol. The average Bonchev–Trinajstić information content (AvgIpc) is 3.84. The van der Waals surface area contributed by atoms with E-state index in [1.54, 1.807) is 0 Å². The smallest absolute Gasteiger partial charge is 0.114 e. The maximum Gasteiger partial charge on any atom is 0.114 e. The van der Waals surface area contributed by atoms with Crippen molar-refractivity contribution >= 4 is 57.6 Å². The van der Waals surface area contributed by atoms with Crippen molar-refractivity contribution in [3.63, 3.8) is 0 Å². The van der Waals surface area contributed by atoms with Crippen molar-refractivity contribution in [3.8, 4) is 32.0 Å². The zero-order valence-corrected chi connectivity index (χ0v) is 28.9. The first kappa shape index (κ1) is 31.6. The van der Waals surface area contributed by atoms with Gasteiger partial charge in [-0.2, -0.15) is 8.75 Å². The Bertz CT molecular complexity index is 1830. The first-order chi connectivity index (χ1) is 22.2. The average molecular weight is 647 g/mol. The number of nitrogens with zero attached hydrogens (tertiary/aromatic N) is 2. The standard InChI is InChI=1S/C40H42N2S3/c1-3-5-7-11-21-31-27-37(30-19-15-10-16-20-30)43-35(31)25-26-36-32(22-12-8-6-4-2)28-38(44-36)34-24-23-33(29-17-13-9-14-18-29)39-40(34)42-45-41-39/h9-10,13-20,23-28H,3-8,11-12,21-22H2,1-2H3/b26-25+. The zero-order chi connectivity index (χ0) is 30.8. The van der Waals surface area contributed by atoms with Crippen LogP contribution >= 0.6 is 34.4 Å². The molecule has 0 unspecified atom stereocenters. The number of aromatic nitrogens is 2. The maximum absolute atomic E-state index is 4.81. The van der Waals surface area contributed by atoms with Gasteiger partial charge in [-0.1, -0.05) is 125 Å². The Hall–Kier alpha value is -3.38. The first-order valence-electron chi connectivity index (χ1n) is 16.5. The molecule has 0 bridgehead atoms. The summed E-state index contributed by atoms with van der Waals surface area (Å²) < 4.78 is 9.56. The van der Waals surface area contributed by atoms with Gasteiger partial charge in [0.05, 0.1) is 11.7 Å². The van der Waals surface area contributed by atoms with Crippen LogP contribution in [0.5, 0.6) is 0 Å². The van der Waals surface area contributed by atoms with Gasteiger partial charge in [-0.25, -0.2) is 0 Å². The Labute approximate surface area is 280 Å². The van der Waals surface area contributed by atoms with Crippen LogP contribution in [-0.2, 0) is 12.8 Å². The molecule has 230 valence electrons. The minimum absolute atomic E-state index is 0.999. The lowest BCUT2D eigenvalue weighted by Crippen LogP contribution is -1.87. The van der Waals surface area contributed by atoms with Gasteiger partial charge in [-0.05, 0) is 72.2 Å². The van der Waals surface area contributed by atoms with Gasteiger partial charge in [0.1, 0.15) is 11.0 Å². The third-order valence-corrected chi connectivity index (χ3v) is 11.4. The predicted octanol–water partition coefficient (Wildman–Crippen LogP) is 13.2. The fraction of sp³-hybridized carbons (Fsp3) is 0.300. The first-order valence-corrected chi connectivity index (χ1v) is 18.9. The highest BCUT2D eigenvalue weighted by Crippen LogP contribution is 2.40. The van der Waals surface area contributed by atoms with Gasteiger partial charge in [0.25, 0.3) is 0 Å². The molecule has 0 atom stereocenters. The molecular weight excluding hydrogens is 605 g/mol. The molecule has 2 nitrogen and oxygen atoms in total. The summed E-state index contributed by atoms with van der Waals surface area (Å²) in [7, 11) is 0. The molecule has 0 saturated heterocycles.